The van der Waals surface area contributed by atoms with E-state index in [1.54, 1.807) is 5.56 Å². The Morgan fingerprint density at radius 2 is 1.29 bits per heavy atom. The highest BCUT2D eigenvalue weighted by atomic mass is 15.1. The molecular formula is C50H49N. The fourth-order valence-corrected chi connectivity index (χ4v) is 10.9. The molecule has 3 saturated carbocycles. The molecule has 3 atom stereocenters. The number of fused-ring (bicyclic) bond motifs is 6. The molecule has 51 heavy (non-hydrogen) atoms. The van der Waals surface area contributed by atoms with Gasteiger partial charge in [-0.05, 0) is 147 Å². The Kier molecular flexibility index (Phi) is 7.49. The van der Waals surface area contributed by atoms with Crippen LogP contribution < -0.4 is 4.90 Å². The monoisotopic (exact) mass is 663 g/mol. The predicted octanol–water partition coefficient (Wildman–Crippen LogP) is 14.2. The molecule has 4 aliphatic rings. The van der Waals surface area contributed by atoms with E-state index in [9.17, 15) is 0 Å². The lowest BCUT2D eigenvalue weighted by Gasteiger charge is -2.31. The lowest BCUT2D eigenvalue weighted by molar-refractivity contribution is 0.420. The first-order valence-corrected chi connectivity index (χ1v) is 19.8. The molecule has 4 aliphatic carbocycles. The Hall–Kier alpha value is -4.62. The number of nitrogens with zero attached hydrogens (tertiary/aromatic N) is 1. The molecule has 1 nitrogen and oxygen atoms in total. The molecule has 6 aromatic rings. The number of rotatable bonds is 6. The summed E-state index contributed by atoms with van der Waals surface area (Å²) in [6.07, 6.45) is 12.4. The second kappa shape index (κ2) is 12.3. The third-order valence-corrected chi connectivity index (χ3v) is 13.5. The summed E-state index contributed by atoms with van der Waals surface area (Å²) in [7, 11) is 0. The molecule has 0 aromatic heterocycles. The van der Waals surface area contributed by atoms with Crippen LogP contribution in [0, 0.1) is 11.8 Å². The zero-order valence-corrected chi connectivity index (χ0v) is 30.2. The number of anilines is 3. The highest BCUT2D eigenvalue weighted by molar-refractivity contribution is 6.04. The molecular weight excluding hydrogens is 615 g/mol. The topological polar surface area (TPSA) is 3.24 Å². The molecule has 0 radical (unpaired) electrons. The van der Waals surface area contributed by atoms with Crippen molar-refractivity contribution < 1.29 is 0 Å². The quantitative estimate of drug-likeness (QED) is 0.171. The average molecular weight is 664 g/mol. The molecule has 2 bridgehead atoms. The lowest BCUT2D eigenvalue weighted by Crippen LogP contribution is -2.17. The van der Waals surface area contributed by atoms with Gasteiger partial charge >= 0.3 is 0 Å². The van der Waals surface area contributed by atoms with Crippen molar-refractivity contribution in [1.82, 2.24) is 0 Å². The van der Waals surface area contributed by atoms with Gasteiger partial charge < -0.3 is 4.90 Å². The van der Waals surface area contributed by atoms with Crippen LogP contribution in [0.5, 0.6) is 0 Å². The number of benzene rings is 6. The van der Waals surface area contributed by atoms with Crippen LogP contribution in [0.25, 0.3) is 33.0 Å². The third kappa shape index (κ3) is 5.18. The van der Waals surface area contributed by atoms with Gasteiger partial charge in [-0.3, -0.25) is 0 Å². The number of hydrogen-bond donors (Lipinski definition) is 0. The van der Waals surface area contributed by atoms with Crippen molar-refractivity contribution in [2.24, 2.45) is 11.8 Å². The van der Waals surface area contributed by atoms with Gasteiger partial charge in [0.1, 0.15) is 0 Å². The summed E-state index contributed by atoms with van der Waals surface area (Å²) in [4.78, 5) is 2.57. The molecule has 254 valence electrons. The Morgan fingerprint density at radius 1 is 0.529 bits per heavy atom. The van der Waals surface area contributed by atoms with Gasteiger partial charge in [0, 0.05) is 22.5 Å². The fraction of sp³-hybridized carbons (Fsp3) is 0.320. The van der Waals surface area contributed by atoms with Gasteiger partial charge in [0.15, 0.2) is 0 Å². The predicted molar refractivity (Wildman–Crippen MR) is 216 cm³/mol. The van der Waals surface area contributed by atoms with Crippen LogP contribution in [0.3, 0.4) is 0 Å². The van der Waals surface area contributed by atoms with Crippen LogP contribution in [0.1, 0.15) is 106 Å². The largest absolute Gasteiger partial charge is 0.310 e. The second-order valence-corrected chi connectivity index (χ2v) is 16.8. The van der Waals surface area contributed by atoms with Crippen molar-refractivity contribution in [3.63, 3.8) is 0 Å². The Morgan fingerprint density at radius 3 is 2.12 bits per heavy atom. The zero-order chi connectivity index (χ0) is 34.1. The molecule has 0 heterocycles. The van der Waals surface area contributed by atoms with Crippen LogP contribution in [0.2, 0.25) is 0 Å². The SMILES string of the molecule is CC1(C)c2ccccc2-c2c(-c3cccc4ccccc34)cc(N(c3ccc(C4CC5CCC4C5)cc3)c3cccc(C4CCCCC4)c3)cc21. The molecule has 0 amide bonds. The summed E-state index contributed by atoms with van der Waals surface area (Å²) in [6, 6.07) is 49.3. The van der Waals surface area contributed by atoms with Crippen molar-refractivity contribution in [1.29, 1.82) is 0 Å². The van der Waals surface area contributed by atoms with Gasteiger partial charge in [-0.2, -0.15) is 0 Å². The van der Waals surface area contributed by atoms with E-state index in [4.69, 9.17) is 0 Å². The molecule has 3 fully saturated rings. The van der Waals surface area contributed by atoms with Crippen molar-refractivity contribution in [3.05, 3.63) is 150 Å². The van der Waals surface area contributed by atoms with Crippen LogP contribution >= 0.6 is 0 Å². The lowest BCUT2D eigenvalue weighted by atomic mass is 9.81. The molecule has 1 heteroatoms. The summed E-state index contributed by atoms with van der Waals surface area (Å²) in [5.74, 6) is 3.22. The molecule has 10 rings (SSSR count). The van der Waals surface area contributed by atoms with E-state index in [1.807, 2.05) is 0 Å². The van der Waals surface area contributed by atoms with Crippen LogP contribution in [0.15, 0.2) is 127 Å². The van der Waals surface area contributed by atoms with Crippen LogP contribution in [-0.4, -0.2) is 0 Å². The first-order chi connectivity index (χ1) is 25.0. The van der Waals surface area contributed by atoms with Gasteiger partial charge in [0.05, 0.1) is 0 Å². The van der Waals surface area contributed by atoms with Crippen molar-refractivity contribution in [2.45, 2.75) is 88.9 Å². The minimum atomic E-state index is -0.122. The minimum Gasteiger partial charge on any atom is -0.310 e. The summed E-state index contributed by atoms with van der Waals surface area (Å²) < 4.78 is 0. The van der Waals surface area contributed by atoms with Crippen molar-refractivity contribution in [3.8, 4) is 22.3 Å². The molecule has 0 saturated heterocycles. The molecule has 0 spiro atoms. The average Bonchev–Trinajstić information content (AvgIpc) is 3.88. The van der Waals surface area contributed by atoms with Crippen LogP contribution in [-0.2, 0) is 5.41 Å². The fourth-order valence-electron chi connectivity index (χ4n) is 10.9. The summed E-state index contributed by atoms with van der Waals surface area (Å²) in [6.45, 7) is 4.85. The highest BCUT2D eigenvalue weighted by Crippen LogP contribution is 2.56. The second-order valence-electron chi connectivity index (χ2n) is 16.8. The molecule has 3 unspecified atom stereocenters. The molecule has 6 aromatic carbocycles. The van der Waals surface area contributed by atoms with Gasteiger partial charge in [0.25, 0.3) is 0 Å². The van der Waals surface area contributed by atoms with E-state index in [0.29, 0.717) is 5.92 Å². The summed E-state index contributed by atoms with van der Waals surface area (Å²) in [5.41, 5.74) is 14.9. The van der Waals surface area contributed by atoms with Gasteiger partial charge in [-0.1, -0.05) is 131 Å². The highest BCUT2D eigenvalue weighted by Gasteiger charge is 2.40. The van der Waals surface area contributed by atoms with E-state index in [-0.39, 0.29) is 5.41 Å². The maximum absolute atomic E-state index is 2.57. The molecule has 0 N–H and O–H groups in total. The van der Waals surface area contributed by atoms with E-state index in [2.05, 4.69) is 146 Å². The summed E-state index contributed by atoms with van der Waals surface area (Å²) >= 11 is 0. The van der Waals surface area contributed by atoms with Crippen molar-refractivity contribution >= 4 is 27.8 Å². The van der Waals surface area contributed by atoms with E-state index in [0.717, 1.165) is 17.8 Å². The number of hydrogen-bond acceptors (Lipinski definition) is 1. The Balaban J connectivity index is 1.19. The van der Waals surface area contributed by atoms with E-state index >= 15 is 0 Å². The Labute approximate surface area is 304 Å². The van der Waals surface area contributed by atoms with E-state index < -0.39 is 0 Å². The molecule has 0 aliphatic heterocycles. The Bertz CT molecular complexity index is 2250. The van der Waals surface area contributed by atoms with Gasteiger partial charge in [-0.15, -0.1) is 0 Å². The third-order valence-electron chi connectivity index (χ3n) is 13.5. The minimum absolute atomic E-state index is 0.122. The zero-order valence-electron chi connectivity index (χ0n) is 30.2. The normalized spacial score (nSPS) is 21.9. The standard InChI is InChI=1S/C50H49N/c1-50(2)47-21-9-8-19-44(47)49-46(43-20-11-15-35-14-6-7-18-42(35)43)31-41(32-48(49)50)51(40-17-10-16-37(30-40)34-12-4-3-5-13-34)39-26-24-36(25-27-39)45-29-33-22-23-38(45)28-33/h6-11,14-21,24-27,30-34,38,45H,3-5,12-13,22-23,28-29H2,1-2H3. The van der Waals surface area contributed by atoms with Gasteiger partial charge in [-0.25, -0.2) is 0 Å². The van der Waals surface area contributed by atoms with E-state index in [1.165, 1.54) is 125 Å². The first-order valence-electron chi connectivity index (χ1n) is 19.8. The van der Waals surface area contributed by atoms with Gasteiger partial charge in [0.2, 0.25) is 0 Å². The smallest absolute Gasteiger partial charge is 0.0471 e. The maximum Gasteiger partial charge on any atom is 0.0471 e. The first kappa shape index (κ1) is 31.1. The van der Waals surface area contributed by atoms with Crippen molar-refractivity contribution in [2.75, 3.05) is 4.90 Å². The van der Waals surface area contributed by atoms with Crippen LogP contribution in [0.4, 0.5) is 17.1 Å². The maximum atomic E-state index is 2.57. The summed E-state index contributed by atoms with van der Waals surface area (Å²) in [5, 5.41) is 2.59.